The van der Waals surface area contributed by atoms with Crippen molar-refractivity contribution in [2.75, 3.05) is 38.3 Å². The van der Waals surface area contributed by atoms with Crippen molar-refractivity contribution in [2.24, 2.45) is 5.16 Å². The molecule has 30 heavy (non-hydrogen) atoms. The van der Waals surface area contributed by atoms with Crippen molar-refractivity contribution in [3.8, 4) is 11.1 Å². The molecule has 1 aromatic heterocycles. The summed E-state index contributed by atoms with van der Waals surface area (Å²) < 4.78 is 19.6. The third-order valence-electron chi connectivity index (χ3n) is 4.59. The molecule has 9 nitrogen and oxygen atoms in total. The van der Waals surface area contributed by atoms with Gasteiger partial charge in [-0.05, 0) is 0 Å². The van der Waals surface area contributed by atoms with Crippen molar-refractivity contribution in [1.82, 2.24) is 15.3 Å². The quantitative estimate of drug-likeness (QED) is 0.589. The second-order valence-corrected chi connectivity index (χ2v) is 6.81. The summed E-state index contributed by atoms with van der Waals surface area (Å²) in [6.45, 7) is 2.70. The molecule has 1 fully saturated rings. The summed E-state index contributed by atoms with van der Waals surface area (Å²) in [4.78, 5) is 26.7. The first-order valence-electron chi connectivity index (χ1n) is 9.42. The van der Waals surface area contributed by atoms with Crippen LogP contribution in [0.1, 0.15) is 12.5 Å². The number of aliphatic hydroxyl groups is 1. The molecule has 1 saturated heterocycles. The lowest BCUT2D eigenvalue weighted by atomic mass is 10.1. The zero-order chi connectivity index (χ0) is 21.5. The minimum Gasteiger partial charge on any atom is -0.393 e. The molecule has 3 rings (SSSR count). The van der Waals surface area contributed by atoms with Crippen LogP contribution < -0.4 is 10.2 Å². The van der Waals surface area contributed by atoms with Gasteiger partial charge in [0.25, 0.3) is 0 Å². The van der Waals surface area contributed by atoms with Crippen molar-refractivity contribution >= 4 is 17.6 Å². The topological polar surface area (TPSA) is 109 Å². The number of aromatic nitrogens is 2. The fourth-order valence-corrected chi connectivity index (χ4v) is 2.82. The molecule has 0 aliphatic carbocycles. The molecule has 0 saturated carbocycles. The van der Waals surface area contributed by atoms with Crippen LogP contribution in [-0.4, -0.2) is 66.1 Å². The van der Waals surface area contributed by atoms with E-state index in [1.807, 2.05) is 4.90 Å². The monoisotopic (exact) mass is 417 g/mol. The maximum Gasteiger partial charge on any atom is 0.225 e. The van der Waals surface area contributed by atoms with E-state index in [1.165, 1.54) is 13.0 Å². The maximum absolute atomic E-state index is 14.3. The van der Waals surface area contributed by atoms with Crippen LogP contribution in [0.3, 0.4) is 0 Å². The lowest BCUT2D eigenvalue weighted by Crippen LogP contribution is -2.48. The summed E-state index contributed by atoms with van der Waals surface area (Å²) in [5.74, 6) is -0.0931. The van der Waals surface area contributed by atoms with Crippen LogP contribution in [0.2, 0.25) is 0 Å². The molecule has 1 atom stereocenters. The Bertz CT molecular complexity index is 899. The number of methoxy groups -OCH3 is 1. The van der Waals surface area contributed by atoms with Gasteiger partial charge in [0.2, 0.25) is 11.9 Å². The Balaban J connectivity index is 1.51. The Morgan fingerprint density at radius 2 is 2.10 bits per heavy atom. The molecular weight excluding hydrogens is 393 g/mol. The molecule has 2 aromatic rings. The van der Waals surface area contributed by atoms with Crippen molar-refractivity contribution < 1.29 is 23.9 Å². The van der Waals surface area contributed by atoms with Crippen molar-refractivity contribution in [1.29, 1.82) is 0 Å². The zero-order valence-corrected chi connectivity index (χ0v) is 16.8. The van der Waals surface area contributed by atoms with Crippen LogP contribution in [0.15, 0.2) is 35.7 Å². The van der Waals surface area contributed by atoms with Crippen LogP contribution in [-0.2, 0) is 21.0 Å². The smallest absolute Gasteiger partial charge is 0.225 e. The average Bonchev–Trinajstić information content (AvgIpc) is 2.72. The summed E-state index contributed by atoms with van der Waals surface area (Å²) in [5, 5.41) is 15.9. The number of anilines is 1. The van der Waals surface area contributed by atoms with Crippen molar-refractivity contribution in [2.45, 2.75) is 19.6 Å². The highest BCUT2D eigenvalue weighted by molar-refractivity contribution is 5.98. The van der Waals surface area contributed by atoms with Crippen molar-refractivity contribution in [3.63, 3.8) is 0 Å². The van der Waals surface area contributed by atoms with Gasteiger partial charge in [-0.1, -0.05) is 23.4 Å². The highest BCUT2D eigenvalue weighted by atomic mass is 19.1. The second kappa shape index (κ2) is 10.1. The number of ether oxygens (including phenoxy) is 1. The van der Waals surface area contributed by atoms with E-state index in [2.05, 4.69) is 20.4 Å². The molecule has 10 heteroatoms. The number of nitrogens with one attached hydrogen (secondary N) is 1. The summed E-state index contributed by atoms with van der Waals surface area (Å²) >= 11 is 0. The average molecular weight is 417 g/mol. The van der Waals surface area contributed by atoms with E-state index in [1.54, 1.807) is 31.6 Å². The van der Waals surface area contributed by atoms with Gasteiger partial charge < -0.3 is 24.9 Å². The Morgan fingerprint density at radius 3 is 2.73 bits per heavy atom. The van der Waals surface area contributed by atoms with Gasteiger partial charge in [0, 0.05) is 49.7 Å². The lowest BCUT2D eigenvalue weighted by Gasteiger charge is -2.32. The SMILES string of the molecule is COC(CNC(C)=O)CON=C1CN(c2ncc(-c3cccc(CO)c3F)cn2)C1. The fraction of sp³-hybridized carbons (Fsp3) is 0.400. The number of nitrogens with zero attached hydrogens (tertiary/aromatic N) is 4. The Kier molecular flexibility index (Phi) is 7.26. The number of rotatable bonds is 9. The fourth-order valence-electron chi connectivity index (χ4n) is 2.82. The molecule has 160 valence electrons. The standard InChI is InChI=1S/C20H24FN5O4/c1-13(28)22-8-17(29-2)12-30-25-16-9-26(10-16)20-23-6-15(7-24-20)18-5-3-4-14(11-27)19(18)21/h3-7,17,27H,8-12H2,1-2H3,(H,22,28). The summed E-state index contributed by atoms with van der Waals surface area (Å²) in [6.07, 6.45) is 2.83. The third-order valence-corrected chi connectivity index (χ3v) is 4.59. The summed E-state index contributed by atoms with van der Waals surface area (Å²) in [5.41, 5.74) is 1.94. The number of halogens is 1. The van der Waals surface area contributed by atoms with Crippen LogP contribution in [0.25, 0.3) is 11.1 Å². The minimum atomic E-state index is -0.472. The first-order chi connectivity index (χ1) is 14.5. The first kappa shape index (κ1) is 21.6. The third kappa shape index (κ3) is 5.28. The molecule has 0 spiro atoms. The lowest BCUT2D eigenvalue weighted by molar-refractivity contribution is -0.119. The van der Waals surface area contributed by atoms with Gasteiger partial charge in [0.1, 0.15) is 18.5 Å². The summed E-state index contributed by atoms with van der Waals surface area (Å²) in [6, 6.07) is 4.84. The molecule has 2 heterocycles. The van der Waals surface area contributed by atoms with E-state index >= 15 is 0 Å². The van der Waals surface area contributed by atoms with Crippen LogP contribution in [0.5, 0.6) is 0 Å². The van der Waals surface area contributed by atoms with E-state index in [0.29, 0.717) is 36.7 Å². The van der Waals surface area contributed by atoms with E-state index in [-0.39, 0.29) is 30.8 Å². The normalized spacial score (nSPS) is 14.1. The minimum absolute atomic E-state index is 0.132. The zero-order valence-electron chi connectivity index (χ0n) is 16.8. The van der Waals surface area contributed by atoms with Crippen LogP contribution >= 0.6 is 0 Å². The molecule has 0 radical (unpaired) electrons. The molecule has 0 bridgehead atoms. The molecule has 2 N–H and O–H groups in total. The number of carbonyl (C=O) groups is 1. The Morgan fingerprint density at radius 1 is 1.37 bits per heavy atom. The summed E-state index contributed by atoms with van der Waals surface area (Å²) in [7, 11) is 1.54. The van der Waals surface area contributed by atoms with Gasteiger partial charge >= 0.3 is 0 Å². The highest BCUT2D eigenvalue weighted by Gasteiger charge is 2.25. The molecule has 1 aliphatic heterocycles. The number of hydrogen-bond donors (Lipinski definition) is 2. The van der Waals surface area contributed by atoms with Gasteiger partial charge in [-0.25, -0.2) is 14.4 Å². The van der Waals surface area contributed by atoms with Gasteiger partial charge in [-0.2, -0.15) is 0 Å². The second-order valence-electron chi connectivity index (χ2n) is 6.81. The van der Waals surface area contributed by atoms with E-state index in [4.69, 9.17) is 9.57 Å². The number of oxime groups is 1. The molecule has 1 aliphatic rings. The van der Waals surface area contributed by atoms with Gasteiger partial charge in [0.05, 0.1) is 25.4 Å². The number of benzene rings is 1. The van der Waals surface area contributed by atoms with Gasteiger partial charge in [0.15, 0.2) is 0 Å². The van der Waals surface area contributed by atoms with E-state index in [9.17, 15) is 14.3 Å². The first-order valence-corrected chi connectivity index (χ1v) is 9.42. The Hall–Kier alpha value is -3.11. The molecule has 1 aromatic carbocycles. The van der Waals surface area contributed by atoms with Crippen LogP contribution in [0.4, 0.5) is 10.3 Å². The Labute approximate surface area is 173 Å². The molecule has 1 unspecified atom stereocenters. The predicted octanol–water partition coefficient (Wildman–Crippen LogP) is 1.12. The largest absolute Gasteiger partial charge is 0.393 e. The van der Waals surface area contributed by atoms with E-state index in [0.717, 1.165) is 5.71 Å². The predicted molar refractivity (Wildman–Crippen MR) is 108 cm³/mol. The molecular formula is C20H24FN5O4. The number of aliphatic hydroxyl groups excluding tert-OH is 1. The van der Waals surface area contributed by atoms with Gasteiger partial charge in [-0.15, -0.1) is 0 Å². The number of amides is 1. The van der Waals surface area contributed by atoms with Crippen molar-refractivity contribution in [3.05, 3.63) is 42.0 Å². The number of hydrogen-bond acceptors (Lipinski definition) is 8. The number of carbonyl (C=O) groups excluding carboxylic acids is 1. The van der Waals surface area contributed by atoms with E-state index < -0.39 is 5.82 Å². The highest BCUT2D eigenvalue weighted by Crippen LogP contribution is 2.25. The van der Waals surface area contributed by atoms with Gasteiger partial charge in [-0.3, -0.25) is 4.79 Å². The molecule has 1 amide bonds. The van der Waals surface area contributed by atoms with Crippen LogP contribution in [0, 0.1) is 5.82 Å². The maximum atomic E-state index is 14.3.